The Hall–Kier alpha value is -1.88. The molecule has 0 fully saturated rings. The van der Waals surface area contributed by atoms with Crippen LogP contribution < -0.4 is 5.73 Å². The average Bonchev–Trinajstić information content (AvgIpc) is 2.80. The van der Waals surface area contributed by atoms with Crippen LogP contribution in [-0.4, -0.2) is 9.55 Å². The van der Waals surface area contributed by atoms with Crippen molar-refractivity contribution in [3.63, 3.8) is 0 Å². The maximum Gasteiger partial charge on any atom is 0.143 e. The van der Waals surface area contributed by atoms with Crippen LogP contribution in [0, 0.1) is 5.82 Å². The summed E-state index contributed by atoms with van der Waals surface area (Å²) in [5, 5.41) is 0. The van der Waals surface area contributed by atoms with Gasteiger partial charge in [0.2, 0.25) is 0 Å². The Morgan fingerprint density at radius 2 is 2.05 bits per heavy atom. The van der Waals surface area contributed by atoms with Crippen LogP contribution in [0.3, 0.4) is 0 Å². The molecule has 5 heteroatoms. The first-order chi connectivity index (χ1) is 10.1. The quantitative estimate of drug-likeness (QED) is 0.703. The highest BCUT2D eigenvalue weighted by Gasteiger charge is 2.15. The highest BCUT2D eigenvalue weighted by molar-refractivity contribution is 9.10. The average molecular weight is 348 g/mol. The summed E-state index contributed by atoms with van der Waals surface area (Å²) in [6, 6.07) is 10.4. The van der Waals surface area contributed by atoms with Gasteiger partial charge in [-0.2, -0.15) is 0 Å². The zero-order chi connectivity index (χ0) is 15.0. The van der Waals surface area contributed by atoms with Crippen LogP contribution in [0.5, 0.6) is 0 Å². The second kappa shape index (κ2) is 5.48. The SMILES string of the molecule is CCCn1c(-c2cc(Br)ccc2N)nc2cc(F)ccc21. The van der Waals surface area contributed by atoms with Crippen molar-refractivity contribution in [1.29, 1.82) is 0 Å². The molecule has 3 aromatic rings. The molecule has 0 aliphatic carbocycles. The van der Waals surface area contributed by atoms with Crippen LogP contribution in [0.2, 0.25) is 0 Å². The molecule has 21 heavy (non-hydrogen) atoms. The second-order valence-electron chi connectivity index (χ2n) is 4.95. The van der Waals surface area contributed by atoms with Gasteiger partial charge in [-0.25, -0.2) is 9.37 Å². The van der Waals surface area contributed by atoms with Crippen LogP contribution in [0.15, 0.2) is 40.9 Å². The highest BCUT2D eigenvalue weighted by atomic mass is 79.9. The van der Waals surface area contributed by atoms with Crippen LogP contribution in [-0.2, 0) is 6.54 Å². The molecule has 1 aromatic heterocycles. The molecule has 3 nitrogen and oxygen atoms in total. The normalized spacial score (nSPS) is 11.2. The van der Waals surface area contributed by atoms with E-state index in [0.29, 0.717) is 11.2 Å². The predicted octanol–water partition coefficient (Wildman–Crippen LogP) is 4.60. The van der Waals surface area contributed by atoms with Gasteiger partial charge in [-0.05, 0) is 36.8 Å². The summed E-state index contributed by atoms with van der Waals surface area (Å²) in [6.07, 6.45) is 0.962. The van der Waals surface area contributed by atoms with Gasteiger partial charge in [0.05, 0.1) is 11.0 Å². The number of benzene rings is 2. The zero-order valence-electron chi connectivity index (χ0n) is 11.6. The van der Waals surface area contributed by atoms with Gasteiger partial charge in [0, 0.05) is 28.3 Å². The highest BCUT2D eigenvalue weighted by Crippen LogP contribution is 2.31. The largest absolute Gasteiger partial charge is 0.398 e. The van der Waals surface area contributed by atoms with Gasteiger partial charge in [0.15, 0.2) is 0 Å². The molecule has 0 spiro atoms. The number of nitrogen functional groups attached to an aromatic ring is 1. The van der Waals surface area contributed by atoms with Crippen molar-refractivity contribution in [3.8, 4) is 11.4 Å². The topological polar surface area (TPSA) is 43.8 Å². The lowest BCUT2D eigenvalue weighted by Crippen LogP contribution is -2.01. The van der Waals surface area contributed by atoms with Crippen molar-refractivity contribution < 1.29 is 4.39 Å². The summed E-state index contributed by atoms with van der Waals surface area (Å²) in [4.78, 5) is 4.59. The number of hydrogen-bond donors (Lipinski definition) is 1. The van der Waals surface area contributed by atoms with E-state index in [4.69, 9.17) is 5.73 Å². The third-order valence-electron chi connectivity index (χ3n) is 3.41. The van der Waals surface area contributed by atoms with Crippen LogP contribution in [0.1, 0.15) is 13.3 Å². The zero-order valence-corrected chi connectivity index (χ0v) is 13.2. The molecule has 0 saturated heterocycles. The lowest BCUT2D eigenvalue weighted by molar-refractivity contribution is 0.629. The lowest BCUT2D eigenvalue weighted by atomic mass is 10.1. The summed E-state index contributed by atoms with van der Waals surface area (Å²) in [5.74, 6) is 0.494. The van der Waals surface area contributed by atoms with Crippen LogP contribution in [0.4, 0.5) is 10.1 Å². The number of nitrogens with zero attached hydrogens (tertiary/aromatic N) is 2. The second-order valence-corrected chi connectivity index (χ2v) is 5.87. The van der Waals surface area contributed by atoms with Gasteiger partial charge < -0.3 is 10.3 Å². The van der Waals surface area contributed by atoms with Crippen molar-refractivity contribution in [2.75, 3.05) is 5.73 Å². The van der Waals surface area contributed by atoms with Crippen molar-refractivity contribution in [2.24, 2.45) is 0 Å². The molecule has 3 rings (SSSR count). The first kappa shape index (κ1) is 14.1. The fraction of sp³-hybridized carbons (Fsp3) is 0.188. The number of aromatic nitrogens is 2. The molecule has 0 atom stereocenters. The number of nitrogens with two attached hydrogens (primary N) is 1. The number of anilines is 1. The predicted molar refractivity (Wildman–Crippen MR) is 87.5 cm³/mol. The van der Waals surface area contributed by atoms with E-state index in [2.05, 4.69) is 32.4 Å². The number of imidazole rings is 1. The van der Waals surface area contributed by atoms with Gasteiger partial charge >= 0.3 is 0 Å². The first-order valence-corrected chi connectivity index (χ1v) is 7.60. The number of halogens is 2. The minimum atomic E-state index is -0.280. The van der Waals surface area contributed by atoms with Crippen molar-refractivity contribution >= 4 is 32.7 Å². The monoisotopic (exact) mass is 347 g/mol. The third-order valence-corrected chi connectivity index (χ3v) is 3.91. The summed E-state index contributed by atoms with van der Waals surface area (Å²) in [5.41, 5.74) is 9.18. The number of aryl methyl sites for hydroxylation is 1. The number of hydrogen-bond acceptors (Lipinski definition) is 2. The fourth-order valence-electron chi connectivity index (χ4n) is 2.48. The van der Waals surface area contributed by atoms with E-state index in [1.165, 1.54) is 12.1 Å². The van der Waals surface area contributed by atoms with Crippen molar-refractivity contribution in [1.82, 2.24) is 9.55 Å². The molecular formula is C16H15BrFN3. The Morgan fingerprint density at radius 1 is 1.24 bits per heavy atom. The van der Waals surface area contributed by atoms with Crippen molar-refractivity contribution in [3.05, 3.63) is 46.7 Å². The Kier molecular flexibility index (Phi) is 3.68. The summed E-state index contributed by atoms with van der Waals surface area (Å²) >= 11 is 3.46. The molecule has 2 aromatic carbocycles. The Morgan fingerprint density at radius 3 is 2.81 bits per heavy atom. The molecule has 108 valence electrons. The summed E-state index contributed by atoms with van der Waals surface area (Å²) < 4.78 is 16.5. The minimum Gasteiger partial charge on any atom is -0.398 e. The maximum absolute atomic E-state index is 13.4. The standard InChI is InChI=1S/C16H15BrFN3/c1-2-7-21-15-6-4-11(18)9-14(15)20-16(21)12-8-10(17)3-5-13(12)19/h3-6,8-9H,2,7,19H2,1H3. The van der Waals surface area contributed by atoms with E-state index in [9.17, 15) is 4.39 Å². The van der Waals surface area contributed by atoms with Gasteiger partial charge in [-0.3, -0.25) is 0 Å². The van der Waals surface area contributed by atoms with E-state index in [1.807, 2.05) is 18.2 Å². The van der Waals surface area contributed by atoms with E-state index in [0.717, 1.165) is 34.3 Å². The van der Waals surface area contributed by atoms with Gasteiger partial charge in [0.25, 0.3) is 0 Å². The molecule has 0 radical (unpaired) electrons. The smallest absolute Gasteiger partial charge is 0.143 e. The van der Waals surface area contributed by atoms with E-state index in [1.54, 1.807) is 6.07 Å². The molecule has 1 heterocycles. The Balaban J connectivity index is 2.30. The van der Waals surface area contributed by atoms with Crippen molar-refractivity contribution in [2.45, 2.75) is 19.9 Å². The first-order valence-electron chi connectivity index (χ1n) is 6.81. The van der Waals surface area contributed by atoms with Gasteiger partial charge in [0.1, 0.15) is 11.6 Å². The Labute approximate surface area is 130 Å². The molecular weight excluding hydrogens is 333 g/mol. The van der Waals surface area contributed by atoms with Gasteiger partial charge in [-0.1, -0.05) is 22.9 Å². The fourth-order valence-corrected chi connectivity index (χ4v) is 2.84. The molecule has 0 saturated carbocycles. The van der Waals surface area contributed by atoms with E-state index < -0.39 is 0 Å². The van der Waals surface area contributed by atoms with E-state index in [-0.39, 0.29) is 5.82 Å². The lowest BCUT2D eigenvalue weighted by Gasteiger charge is -2.10. The van der Waals surface area contributed by atoms with Crippen LogP contribution in [0.25, 0.3) is 22.4 Å². The summed E-state index contributed by atoms with van der Waals surface area (Å²) in [6.45, 7) is 2.91. The Bertz CT molecular complexity index is 811. The molecule has 0 amide bonds. The molecule has 0 aliphatic rings. The van der Waals surface area contributed by atoms with E-state index >= 15 is 0 Å². The molecule has 2 N–H and O–H groups in total. The molecule has 0 bridgehead atoms. The van der Waals surface area contributed by atoms with Crippen LogP contribution >= 0.6 is 15.9 Å². The van der Waals surface area contributed by atoms with Gasteiger partial charge in [-0.15, -0.1) is 0 Å². The molecule has 0 aliphatic heterocycles. The number of rotatable bonds is 3. The summed E-state index contributed by atoms with van der Waals surface area (Å²) in [7, 11) is 0. The number of fused-ring (bicyclic) bond motifs is 1. The maximum atomic E-state index is 13.4. The third kappa shape index (κ3) is 2.53. The molecule has 0 unspecified atom stereocenters. The minimum absolute atomic E-state index is 0.280.